The fraction of sp³-hybridized carbons (Fsp3) is 0.0435. The molecule has 0 saturated carbocycles. The Morgan fingerprint density at radius 2 is 1.75 bits per heavy atom. The van der Waals surface area contributed by atoms with Gasteiger partial charge in [-0.05, 0) is 54.1 Å². The zero-order valence-corrected chi connectivity index (χ0v) is 18.2. The second kappa shape index (κ2) is 8.96. The minimum absolute atomic E-state index is 0.0228. The van der Waals surface area contributed by atoms with Gasteiger partial charge in [-0.25, -0.2) is 22.9 Å². The molecule has 0 bridgehead atoms. The van der Waals surface area contributed by atoms with E-state index in [1.54, 1.807) is 42.9 Å². The number of nitrogens with zero attached hydrogens (tertiary/aromatic N) is 2. The predicted molar refractivity (Wildman–Crippen MR) is 119 cm³/mol. The van der Waals surface area contributed by atoms with Gasteiger partial charge in [-0.2, -0.15) is 5.26 Å². The first kappa shape index (κ1) is 21.8. The van der Waals surface area contributed by atoms with Gasteiger partial charge < -0.3 is 4.42 Å². The summed E-state index contributed by atoms with van der Waals surface area (Å²) >= 11 is 1.39. The molecule has 0 aliphatic carbocycles. The molecule has 32 heavy (non-hydrogen) atoms. The number of hydrogen-bond acceptors (Lipinski definition) is 6. The molecule has 4 aromatic rings. The fourth-order valence-corrected chi connectivity index (χ4v) is 4.48. The highest BCUT2D eigenvalue weighted by atomic mass is 32.2. The Morgan fingerprint density at radius 1 is 1.06 bits per heavy atom. The molecule has 2 heterocycles. The van der Waals surface area contributed by atoms with Crippen molar-refractivity contribution in [1.82, 2.24) is 4.98 Å². The fourth-order valence-electron chi connectivity index (χ4n) is 3.09. The van der Waals surface area contributed by atoms with Crippen molar-refractivity contribution < 1.29 is 17.2 Å². The minimum Gasteiger partial charge on any atom is -0.472 e. The van der Waals surface area contributed by atoms with Crippen LogP contribution < -0.4 is 5.14 Å². The SMILES string of the molecule is N#Cc1cc(-c2ccc(S(N)(=O)=O)cc2)c(-c2ccc(F)cc2)nc1SCc1ccoc1. The van der Waals surface area contributed by atoms with Crippen molar-refractivity contribution in [2.24, 2.45) is 5.14 Å². The van der Waals surface area contributed by atoms with Crippen LogP contribution in [-0.4, -0.2) is 13.4 Å². The quantitative estimate of drug-likeness (QED) is 0.403. The molecule has 6 nitrogen and oxygen atoms in total. The van der Waals surface area contributed by atoms with Gasteiger partial charge in [0.2, 0.25) is 10.0 Å². The average Bonchev–Trinajstić information content (AvgIpc) is 3.31. The van der Waals surface area contributed by atoms with Gasteiger partial charge in [0, 0.05) is 22.4 Å². The highest BCUT2D eigenvalue weighted by Crippen LogP contribution is 2.36. The lowest BCUT2D eigenvalue weighted by Crippen LogP contribution is -2.11. The van der Waals surface area contributed by atoms with Gasteiger partial charge in [0.25, 0.3) is 0 Å². The zero-order valence-electron chi connectivity index (χ0n) is 16.5. The lowest BCUT2D eigenvalue weighted by Gasteiger charge is -2.13. The molecule has 0 aliphatic heterocycles. The number of primary sulfonamides is 1. The van der Waals surface area contributed by atoms with E-state index in [9.17, 15) is 18.1 Å². The number of sulfonamides is 1. The third-order valence-electron chi connectivity index (χ3n) is 4.68. The first-order valence-corrected chi connectivity index (χ1v) is 11.9. The molecule has 0 unspecified atom stereocenters. The first-order chi connectivity index (χ1) is 15.3. The summed E-state index contributed by atoms with van der Waals surface area (Å²) in [6.45, 7) is 0. The molecule has 9 heteroatoms. The molecule has 160 valence electrons. The number of rotatable bonds is 6. The molecule has 0 radical (unpaired) electrons. The minimum atomic E-state index is -3.84. The van der Waals surface area contributed by atoms with E-state index in [-0.39, 0.29) is 10.7 Å². The van der Waals surface area contributed by atoms with Crippen LogP contribution in [0, 0.1) is 17.1 Å². The monoisotopic (exact) mass is 465 g/mol. The van der Waals surface area contributed by atoms with E-state index in [1.165, 1.54) is 36.0 Å². The summed E-state index contributed by atoms with van der Waals surface area (Å²) < 4.78 is 41.8. The summed E-state index contributed by atoms with van der Waals surface area (Å²) in [5.41, 5.74) is 3.78. The van der Waals surface area contributed by atoms with Gasteiger partial charge >= 0.3 is 0 Å². The summed E-state index contributed by atoms with van der Waals surface area (Å²) in [7, 11) is -3.84. The largest absolute Gasteiger partial charge is 0.472 e. The smallest absolute Gasteiger partial charge is 0.238 e. The van der Waals surface area contributed by atoms with E-state index < -0.39 is 10.0 Å². The zero-order chi connectivity index (χ0) is 22.7. The van der Waals surface area contributed by atoms with E-state index in [2.05, 4.69) is 6.07 Å². The molecule has 0 amide bonds. The highest BCUT2D eigenvalue weighted by Gasteiger charge is 2.17. The van der Waals surface area contributed by atoms with Gasteiger partial charge in [0.15, 0.2) is 0 Å². The molecule has 0 atom stereocenters. The Labute approximate surface area is 188 Å². The number of thioether (sulfide) groups is 1. The van der Waals surface area contributed by atoms with Gasteiger partial charge in [-0.1, -0.05) is 12.1 Å². The number of aromatic nitrogens is 1. The van der Waals surface area contributed by atoms with Gasteiger partial charge in [0.1, 0.15) is 16.9 Å². The molecule has 4 rings (SSSR count). The maximum Gasteiger partial charge on any atom is 0.238 e. The van der Waals surface area contributed by atoms with Crippen molar-refractivity contribution in [2.75, 3.05) is 0 Å². The molecular weight excluding hydrogens is 449 g/mol. The Kier molecular flexibility index (Phi) is 6.10. The summed E-state index contributed by atoms with van der Waals surface area (Å²) in [6, 6.07) is 17.6. The first-order valence-electron chi connectivity index (χ1n) is 9.33. The van der Waals surface area contributed by atoms with E-state index in [1.807, 2.05) is 6.07 Å². The normalized spacial score (nSPS) is 11.3. The maximum atomic E-state index is 13.5. The lowest BCUT2D eigenvalue weighted by molar-refractivity contribution is 0.565. The Hall–Kier alpha value is -3.45. The maximum absolute atomic E-state index is 13.5. The van der Waals surface area contributed by atoms with Crippen LogP contribution in [0.3, 0.4) is 0 Å². The second-order valence-electron chi connectivity index (χ2n) is 6.85. The van der Waals surface area contributed by atoms with E-state index >= 15 is 0 Å². The van der Waals surface area contributed by atoms with E-state index in [4.69, 9.17) is 14.5 Å². The number of nitrogens with two attached hydrogens (primary N) is 1. The molecule has 2 aromatic heterocycles. The molecular formula is C23H16FN3O3S2. The standard InChI is InChI=1S/C23H16FN3O3S2/c24-19-5-1-17(2-6-19)22-21(16-3-7-20(8-4-16)32(26,28)29)11-18(12-25)23(27-22)31-14-15-9-10-30-13-15/h1-11,13H,14H2,(H2,26,28,29). The topological polar surface area (TPSA) is 110 Å². The van der Waals surface area contributed by atoms with E-state index in [0.717, 1.165) is 5.56 Å². The summed E-state index contributed by atoms with van der Waals surface area (Å²) in [4.78, 5) is 4.71. The van der Waals surface area contributed by atoms with Crippen molar-refractivity contribution in [3.05, 3.63) is 90.1 Å². The Morgan fingerprint density at radius 3 is 2.34 bits per heavy atom. The van der Waals surface area contributed by atoms with Crippen LogP contribution in [0.15, 0.2) is 87.5 Å². The van der Waals surface area contributed by atoms with Crippen molar-refractivity contribution in [2.45, 2.75) is 15.7 Å². The summed E-state index contributed by atoms with van der Waals surface area (Å²) in [6.07, 6.45) is 3.20. The number of furan rings is 1. The van der Waals surface area contributed by atoms with Crippen LogP contribution in [0.2, 0.25) is 0 Å². The second-order valence-corrected chi connectivity index (χ2v) is 9.37. The average molecular weight is 466 g/mol. The van der Waals surface area contributed by atoms with Crippen LogP contribution in [0.1, 0.15) is 11.1 Å². The molecule has 2 N–H and O–H groups in total. The van der Waals surface area contributed by atoms with Gasteiger partial charge in [-0.3, -0.25) is 0 Å². The molecule has 0 aliphatic rings. The van der Waals surface area contributed by atoms with Crippen molar-refractivity contribution in [1.29, 1.82) is 5.26 Å². The summed E-state index contributed by atoms with van der Waals surface area (Å²) in [5.74, 6) is 0.180. The number of hydrogen-bond donors (Lipinski definition) is 1. The third kappa shape index (κ3) is 4.73. The van der Waals surface area contributed by atoms with Crippen LogP contribution in [0.4, 0.5) is 4.39 Å². The number of benzene rings is 2. The number of halogens is 1. The predicted octanol–water partition coefficient (Wildman–Crippen LogP) is 4.96. The van der Waals surface area contributed by atoms with Crippen molar-refractivity contribution >= 4 is 21.8 Å². The van der Waals surface area contributed by atoms with Crippen molar-refractivity contribution in [3.8, 4) is 28.5 Å². The van der Waals surface area contributed by atoms with Crippen LogP contribution >= 0.6 is 11.8 Å². The van der Waals surface area contributed by atoms with Crippen molar-refractivity contribution in [3.63, 3.8) is 0 Å². The van der Waals surface area contributed by atoms with Crippen LogP contribution in [0.25, 0.3) is 22.4 Å². The number of pyridine rings is 1. The molecule has 0 fully saturated rings. The lowest BCUT2D eigenvalue weighted by atomic mass is 9.98. The number of nitriles is 1. The third-order valence-corrected chi connectivity index (χ3v) is 6.67. The Bertz CT molecular complexity index is 1390. The van der Waals surface area contributed by atoms with E-state index in [0.29, 0.717) is 38.7 Å². The van der Waals surface area contributed by atoms with Crippen LogP contribution in [-0.2, 0) is 15.8 Å². The molecule has 0 saturated heterocycles. The molecule has 0 spiro atoms. The van der Waals surface area contributed by atoms with Crippen LogP contribution in [0.5, 0.6) is 0 Å². The van der Waals surface area contributed by atoms with Gasteiger partial charge in [0.05, 0.1) is 28.7 Å². The molecule has 2 aromatic carbocycles. The highest BCUT2D eigenvalue weighted by molar-refractivity contribution is 7.98. The Balaban J connectivity index is 1.84. The van der Waals surface area contributed by atoms with Gasteiger partial charge in [-0.15, -0.1) is 11.8 Å². The summed E-state index contributed by atoms with van der Waals surface area (Å²) in [5, 5.41) is 15.4.